The Balaban J connectivity index is 1.83. The van der Waals surface area contributed by atoms with Gasteiger partial charge in [0.15, 0.2) is 0 Å². The van der Waals surface area contributed by atoms with Gasteiger partial charge in [-0.15, -0.1) is 0 Å². The molecule has 3 heteroatoms. The molecule has 1 aliphatic heterocycles. The van der Waals surface area contributed by atoms with Gasteiger partial charge in [0.25, 0.3) is 0 Å². The molecule has 2 atom stereocenters. The summed E-state index contributed by atoms with van der Waals surface area (Å²) in [6.45, 7) is 3.47. The highest BCUT2D eigenvalue weighted by Crippen LogP contribution is 2.30. The molecule has 0 radical (unpaired) electrons. The number of halogens is 1. The summed E-state index contributed by atoms with van der Waals surface area (Å²) in [5.74, 6) is 0.144. The first kappa shape index (κ1) is 16.7. The van der Waals surface area contributed by atoms with Gasteiger partial charge < -0.3 is 10.0 Å². The second-order valence-electron chi connectivity index (χ2n) is 6.53. The zero-order valence-corrected chi connectivity index (χ0v) is 15.0. The fraction of sp³-hybridized carbons (Fsp3) is 0.400. The maximum atomic E-state index is 11.0. The maximum absolute atomic E-state index is 11.0. The molecule has 0 amide bonds. The minimum atomic E-state index is -0.458. The number of hydrogen-bond donors (Lipinski definition) is 2. The predicted molar refractivity (Wildman–Crippen MR) is 97.7 cm³/mol. The molecule has 3 rings (SSSR count). The van der Waals surface area contributed by atoms with Crippen LogP contribution < -0.4 is 4.90 Å². The molecule has 0 aromatic heterocycles. The molecule has 1 heterocycles. The number of aliphatic hydroxyl groups excluding tert-OH is 1. The van der Waals surface area contributed by atoms with Crippen molar-refractivity contribution >= 4 is 15.9 Å². The molecule has 2 aromatic carbocycles. The lowest BCUT2D eigenvalue weighted by Crippen LogP contribution is -3.13. The monoisotopic (exact) mass is 374 g/mol. The van der Waals surface area contributed by atoms with Gasteiger partial charge in [0.1, 0.15) is 0 Å². The zero-order chi connectivity index (χ0) is 16.1. The van der Waals surface area contributed by atoms with Gasteiger partial charge in [-0.25, -0.2) is 0 Å². The van der Waals surface area contributed by atoms with Crippen LogP contribution in [0.3, 0.4) is 0 Å². The lowest BCUT2D eigenvalue weighted by atomic mass is 9.88. The summed E-state index contributed by atoms with van der Waals surface area (Å²) in [5.41, 5.74) is 2.24. The van der Waals surface area contributed by atoms with Gasteiger partial charge in [0, 0.05) is 4.47 Å². The van der Waals surface area contributed by atoms with Gasteiger partial charge in [0.2, 0.25) is 0 Å². The van der Waals surface area contributed by atoms with Crippen LogP contribution in [0.4, 0.5) is 0 Å². The Morgan fingerprint density at radius 2 is 1.52 bits per heavy atom. The molecule has 0 bridgehead atoms. The van der Waals surface area contributed by atoms with Gasteiger partial charge in [-0.05, 0) is 42.5 Å². The lowest BCUT2D eigenvalue weighted by Gasteiger charge is -2.30. The van der Waals surface area contributed by atoms with Crippen molar-refractivity contribution in [2.75, 3.05) is 19.6 Å². The fourth-order valence-electron chi connectivity index (χ4n) is 3.57. The third kappa shape index (κ3) is 4.43. The highest BCUT2D eigenvalue weighted by Gasteiger charge is 2.28. The zero-order valence-electron chi connectivity index (χ0n) is 13.4. The number of piperidine rings is 1. The molecule has 122 valence electrons. The number of nitrogens with one attached hydrogen (secondary N) is 1. The van der Waals surface area contributed by atoms with Crippen LogP contribution in [-0.2, 0) is 0 Å². The van der Waals surface area contributed by atoms with Crippen molar-refractivity contribution in [3.63, 3.8) is 0 Å². The number of quaternary nitrogens is 1. The van der Waals surface area contributed by atoms with Gasteiger partial charge in [0.05, 0.1) is 31.7 Å². The van der Waals surface area contributed by atoms with Crippen molar-refractivity contribution in [1.29, 1.82) is 0 Å². The van der Waals surface area contributed by atoms with E-state index in [1.165, 1.54) is 37.9 Å². The van der Waals surface area contributed by atoms with Gasteiger partial charge in [-0.2, -0.15) is 0 Å². The second kappa shape index (κ2) is 8.09. The van der Waals surface area contributed by atoms with Crippen molar-refractivity contribution < 1.29 is 10.0 Å². The van der Waals surface area contributed by atoms with E-state index in [2.05, 4.69) is 40.2 Å². The molecule has 0 aliphatic carbocycles. The number of hydrogen-bond acceptors (Lipinski definition) is 1. The van der Waals surface area contributed by atoms with E-state index in [0.29, 0.717) is 0 Å². The van der Waals surface area contributed by atoms with E-state index in [1.807, 2.05) is 30.3 Å². The van der Waals surface area contributed by atoms with Crippen LogP contribution in [0.25, 0.3) is 0 Å². The Hall–Kier alpha value is -1.16. The van der Waals surface area contributed by atoms with Crippen LogP contribution in [0.15, 0.2) is 59.1 Å². The van der Waals surface area contributed by atoms with E-state index in [0.717, 1.165) is 16.6 Å². The van der Waals surface area contributed by atoms with Gasteiger partial charge in [-0.1, -0.05) is 58.4 Å². The Kier molecular flexibility index (Phi) is 5.87. The molecule has 0 spiro atoms. The summed E-state index contributed by atoms with van der Waals surface area (Å²) < 4.78 is 1.05. The molecule has 1 fully saturated rings. The van der Waals surface area contributed by atoms with Crippen molar-refractivity contribution in [3.05, 3.63) is 70.2 Å². The molecular weight excluding hydrogens is 350 g/mol. The summed E-state index contributed by atoms with van der Waals surface area (Å²) in [6, 6.07) is 18.5. The standard InChI is InChI=1S/C20H24BrNO/c21-18-11-9-17(10-12-18)20(23)19(16-7-3-1-4-8-16)15-22-13-5-2-6-14-22/h1,3-4,7-12,19-20,23H,2,5-6,13-15H2/p+1/t19-,20+/m1/s1. The second-order valence-corrected chi connectivity index (χ2v) is 7.44. The predicted octanol–water partition coefficient (Wildman–Crippen LogP) is 3.34. The smallest absolute Gasteiger partial charge is 0.0912 e. The highest BCUT2D eigenvalue weighted by atomic mass is 79.9. The van der Waals surface area contributed by atoms with E-state index in [1.54, 1.807) is 4.90 Å². The molecule has 2 nitrogen and oxygen atoms in total. The summed E-state index contributed by atoms with van der Waals surface area (Å²) in [4.78, 5) is 1.63. The third-order valence-electron chi connectivity index (χ3n) is 4.89. The Morgan fingerprint density at radius 3 is 2.17 bits per heavy atom. The van der Waals surface area contributed by atoms with Crippen LogP contribution >= 0.6 is 15.9 Å². The van der Waals surface area contributed by atoms with Crippen LogP contribution in [0.2, 0.25) is 0 Å². The Labute approximate surface area is 147 Å². The maximum Gasteiger partial charge on any atom is 0.0912 e. The van der Waals surface area contributed by atoms with Crippen LogP contribution in [0, 0.1) is 0 Å². The molecule has 1 saturated heterocycles. The van der Waals surface area contributed by atoms with Crippen LogP contribution in [0.1, 0.15) is 42.4 Å². The van der Waals surface area contributed by atoms with E-state index in [9.17, 15) is 5.11 Å². The number of rotatable bonds is 5. The quantitative estimate of drug-likeness (QED) is 0.823. The van der Waals surface area contributed by atoms with E-state index in [-0.39, 0.29) is 5.92 Å². The molecular formula is C20H25BrNO+. The summed E-state index contributed by atoms with van der Waals surface area (Å²) >= 11 is 3.47. The highest BCUT2D eigenvalue weighted by molar-refractivity contribution is 9.10. The van der Waals surface area contributed by atoms with E-state index >= 15 is 0 Å². The minimum absolute atomic E-state index is 0.144. The largest absolute Gasteiger partial charge is 0.388 e. The SMILES string of the molecule is O[C@@H](c1ccc(Br)cc1)[C@H](C[NH+]1CCCCC1)c1ccccc1. The van der Waals surface area contributed by atoms with Crippen molar-refractivity contribution in [2.45, 2.75) is 31.3 Å². The first-order valence-electron chi connectivity index (χ1n) is 8.56. The molecule has 2 aromatic rings. The summed E-state index contributed by atoms with van der Waals surface area (Å²) in [7, 11) is 0. The summed E-state index contributed by atoms with van der Waals surface area (Å²) in [5, 5.41) is 11.0. The van der Waals surface area contributed by atoms with Crippen molar-refractivity contribution in [1.82, 2.24) is 0 Å². The van der Waals surface area contributed by atoms with Gasteiger partial charge in [-0.3, -0.25) is 0 Å². The van der Waals surface area contributed by atoms with E-state index < -0.39 is 6.10 Å². The average molecular weight is 375 g/mol. The molecule has 2 N–H and O–H groups in total. The van der Waals surface area contributed by atoms with Gasteiger partial charge >= 0.3 is 0 Å². The van der Waals surface area contributed by atoms with Crippen molar-refractivity contribution in [3.8, 4) is 0 Å². The van der Waals surface area contributed by atoms with E-state index in [4.69, 9.17) is 0 Å². The van der Waals surface area contributed by atoms with Crippen LogP contribution in [-0.4, -0.2) is 24.7 Å². The lowest BCUT2D eigenvalue weighted by molar-refractivity contribution is -0.906. The number of aliphatic hydroxyl groups is 1. The first-order valence-corrected chi connectivity index (χ1v) is 9.35. The minimum Gasteiger partial charge on any atom is -0.388 e. The molecule has 23 heavy (non-hydrogen) atoms. The number of likely N-dealkylation sites (tertiary alicyclic amines) is 1. The normalized spacial score (nSPS) is 18.5. The summed E-state index contributed by atoms with van der Waals surface area (Å²) in [6.07, 6.45) is 3.52. The third-order valence-corrected chi connectivity index (χ3v) is 5.42. The molecule has 0 unspecified atom stereocenters. The Morgan fingerprint density at radius 1 is 0.870 bits per heavy atom. The topological polar surface area (TPSA) is 24.7 Å². The van der Waals surface area contributed by atoms with Crippen molar-refractivity contribution in [2.24, 2.45) is 0 Å². The fourth-order valence-corrected chi connectivity index (χ4v) is 3.84. The molecule has 1 aliphatic rings. The first-order chi connectivity index (χ1) is 11.2. The number of benzene rings is 2. The molecule has 0 saturated carbocycles. The van der Waals surface area contributed by atoms with Crippen LogP contribution in [0.5, 0.6) is 0 Å². The Bertz CT molecular complexity index is 593. The average Bonchev–Trinajstić information content (AvgIpc) is 2.61.